The van der Waals surface area contributed by atoms with Crippen LogP contribution < -0.4 is 11.5 Å². The second-order valence-corrected chi connectivity index (χ2v) is 12.4. The van der Waals surface area contributed by atoms with Gasteiger partial charge in [-0.1, -0.05) is 69.0 Å². The first-order valence-corrected chi connectivity index (χ1v) is 15.4. The monoisotopic (exact) mass is 688 g/mol. The van der Waals surface area contributed by atoms with Crippen LogP contribution in [0, 0.1) is 16.2 Å². The molecule has 11 heteroatoms. The van der Waals surface area contributed by atoms with Gasteiger partial charge in [0.15, 0.2) is 0 Å². The molecule has 3 rings (SSSR count). The van der Waals surface area contributed by atoms with Crippen LogP contribution in [0.3, 0.4) is 0 Å². The molecular weight excluding hydrogens is 652 g/mol. The number of hydrogen-bond acceptors (Lipinski definition) is 5. The lowest BCUT2D eigenvalue weighted by Gasteiger charge is -2.44. The fourth-order valence-corrected chi connectivity index (χ4v) is 5.64. The van der Waals surface area contributed by atoms with E-state index in [1.54, 1.807) is 0 Å². The number of benzene rings is 2. The summed E-state index contributed by atoms with van der Waals surface area (Å²) >= 11 is 6.91. The molecule has 2 aromatic carbocycles. The van der Waals surface area contributed by atoms with Crippen molar-refractivity contribution in [3.8, 4) is 0 Å². The minimum Gasteiger partial charge on any atom is -0.388 e. The quantitative estimate of drug-likeness (QED) is 0.0762. The van der Waals surface area contributed by atoms with E-state index in [0.29, 0.717) is 51.4 Å². The first-order valence-electron chi connectivity index (χ1n) is 13.9. The Morgan fingerprint density at radius 2 is 1.00 bits per heavy atom. The Kier molecular flexibility index (Phi) is 12.1. The number of unbranched alkanes of at least 4 members (excludes halogenated alkanes) is 4. The molecule has 1 saturated heterocycles. The van der Waals surface area contributed by atoms with E-state index >= 15 is 0 Å². The fourth-order valence-electron chi connectivity index (χ4n) is 5.11. The number of rotatable bonds is 16. The summed E-state index contributed by atoms with van der Waals surface area (Å²) < 4.78 is 1.78. The van der Waals surface area contributed by atoms with Gasteiger partial charge in [0.25, 0.3) is 0 Å². The number of halogens is 2. The number of urea groups is 1. The van der Waals surface area contributed by atoms with Gasteiger partial charge in [-0.15, -0.1) is 0 Å². The molecule has 9 nitrogen and oxygen atoms in total. The zero-order valence-corrected chi connectivity index (χ0v) is 26.3. The third-order valence-corrected chi connectivity index (χ3v) is 8.32. The average molecular weight is 690 g/mol. The second kappa shape index (κ2) is 15.3. The van der Waals surface area contributed by atoms with Crippen molar-refractivity contribution in [3.05, 3.63) is 68.6 Å². The number of nitrogens with one attached hydrogen (secondary N) is 2. The predicted molar refractivity (Wildman–Crippen MR) is 168 cm³/mol. The number of hydrogen-bond donors (Lipinski definition) is 4. The minimum absolute atomic E-state index is 0.111. The number of carbonyl (C=O) groups is 3. The Hall–Kier alpha value is -3.05. The number of nitrogens with two attached hydrogens (primary N) is 2. The Bertz CT molecular complexity index is 1150. The van der Waals surface area contributed by atoms with E-state index in [4.69, 9.17) is 22.3 Å². The third kappa shape index (κ3) is 8.97. The van der Waals surface area contributed by atoms with Crippen LogP contribution in [0.25, 0.3) is 0 Å². The molecule has 0 spiro atoms. The van der Waals surface area contributed by atoms with Gasteiger partial charge in [0.1, 0.15) is 5.41 Å². The van der Waals surface area contributed by atoms with Gasteiger partial charge in [-0.3, -0.25) is 30.2 Å². The molecule has 1 aliphatic rings. The normalized spacial score (nSPS) is 14.9. The molecule has 0 aromatic heterocycles. The summed E-state index contributed by atoms with van der Waals surface area (Å²) in [6.07, 6.45) is 5.11. The highest BCUT2D eigenvalue weighted by molar-refractivity contribution is 9.10. The zero-order chi connectivity index (χ0) is 30.0. The van der Waals surface area contributed by atoms with Crippen LogP contribution in [-0.2, 0) is 22.4 Å². The molecule has 220 valence electrons. The lowest BCUT2D eigenvalue weighted by Crippen LogP contribution is -2.66. The van der Waals surface area contributed by atoms with Crippen molar-refractivity contribution in [1.82, 2.24) is 9.80 Å². The van der Waals surface area contributed by atoms with Crippen molar-refractivity contribution < 1.29 is 14.4 Å². The van der Waals surface area contributed by atoms with Gasteiger partial charge in [-0.25, -0.2) is 4.79 Å². The highest BCUT2D eigenvalue weighted by Gasteiger charge is 2.56. The maximum atomic E-state index is 14.3. The molecule has 2 aromatic rings. The number of amidine groups is 2. The molecule has 1 fully saturated rings. The third-order valence-electron chi connectivity index (χ3n) is 7.26. The zero-order valence-electron chi connectivity index (χ0n) is 23.1. The number of carbonyl (C=O) groups excluding carboxylic acids is 3. The molecular formula is C30H38Br2N6O3. The number of nitrogens with zero attached hydrogens (tertiary/aromatic N) is 2. The standard InChI is InChI=1S/C30H38Br2N6O3/c31-23-13-9-21(10-14-23)19-30(20-22-11-15-24(32)16-12-22)27(39)37(17-5-1-3-7-25(33)34)29(41)38(28(30)40)18-6-2-4-8-26(35)36/h9-16H,1-8,17-20H2,(H3,33,34)(H3,35,36). The van der Waals surface area contributed by atoms with Crippen LogP contribution in [0.1, 0.15) is 62.5 Å². The topological polar surface area (TPSA) is 157 Å². The van der Waals surface area contributed by atoms with Crippen molar-refractivity contribution in [3.63, 3.8) is 0 Å². The van der Waals surface area contributed by atoms with Crippen molar-refractivity contribution in [2.75, 3.05) is 13.1 Å². The van der Waals surface area contributed by atoms with Crippen molar-refractivity contribution >= 4 is 61.4 Å². The van der Waals surface area contributed by atoms with Crippen molar-refractivity contribution in [2.24, 2.45) is 16.9 Å². The van der Waals surface area contributed by atoms with E-state index < -0.39 is 23.3 Å². The summed E-state index contributed by atoms with van der Waals surface area (Å²) in [6.45, 7) is 0.373. The van der Waals surface area contributed by atoms with Crippen LogP contribution >= 0.6 is 31.9 Å². The summed E-state index contributed by atoms with van der Waals surface area (Å²) in [5, 5.41) is 14.9. The highest BCUT2D eigenvalue weighted by Crippen LogP contribution is 2.38. The van der Waals surface area contributed by atoms with Crippen molar-refractivity contribution in [1.29, 1.82) is 10.8 Å². The molecule has 0 unspecified atom stereocenters. The smallest absolute Gasteiger partial charge is 0.333 e. The molecule has 0 bridgehead atoms. The van der Waals surface area contributed by atoms with Gasteiger partial charge in [-0.05, 0) is 73.9 Å². The first kappa shape index (κ1) is 32.5. The molecule has 0 atom stereocenters. The summed E-state index contributed by atoms with van der Waals surface area (Å²) in [4.78, 5) is 44.8. The highest BCUT2D eigenvalue weighted by atomic mass is 79.9. The maximum absolute atomic E-state index is 14.3. The van der Waals surface area contributed by atoms with Gasteiger partial charge in [0.2, 0.25) is 11.8 Å². The molecule has 41 heavy (non-hydrogen) atoms. The Morgan fingerprint density at radius 1 is 0.634 bits per heavy atom. The molecule has 0 aliphatic carbocycles. The maximum Gasteiger partial charge on any atom is 0.333 e. The van der Waals surface area contributed by atoms with E-state index in [-0.39, 0.29) is 37.6 Å². The van der Waals surface area contributed by atoms with Crippen molar-refractivity contribution in [2.45, 2.75) is 64.2 Å². The van der Waals surface area contributed by atoms with Gasteiger partial charge < -0.3 is 11.5 Å². The summed E-state index contributed by atoms with van der Waals surface area (Å²) in [7, 11) is 0. The molecule has 4 amide bonds. The van der Waals surface area contributed by atoms with Crippen LogP contribution in [0.2, 0.25) is 0 Å². The van der Waals surface area contributed by atoms with Gasteiger partial charge >= 0.3 is 6.03 Å². The van der Waals surface area contributed by atoms with E-state index in [9.17, 15) is 14.4 Å². The number of amides is 4. The Balaban J connectivity index is 1.97. The molecule has 1 heterocycles. The fraction of sp³-hybridized carbons (Fsp3) is 0.433. The second-order valence-electron chi connectivity index (χ2n) is 10.6. The summed E-state index contributed by atoms with van der Waals surface area (Å²) in [5.41, 5.74) is 11.1. The van der Waals surface area contributed by atoms with Crippen LogP contribution in [0.15, 0.2) is 57.5 Å². The lowest BCUT2D eigenvalue weighted by atomic mass is 9.72. The van der Waals surface area contributed by atoms with Gasteiger partial charge in [0.05, 0.1) is 11.7 Å². The lowest BCUT2D eigenvalue weighted by molar-refractivity contribution is -0.159. The van der Waals surface area contributed by atoms with Crippen LogP contribution in [0.5, 0.6) is 0 Å². The number of imide groups is 2. The first-order chi connectivity index (χ1) is 19.5. The molecule has 1 aliphatic heterocycles. The Morgan fingerprint density at radius 3 is 1.34 bits per heavy atom. The average Bonchev–Trinajstić information content (AvgIpc) is 2.92. The van der Waals surface area contributed by atoms with Gasteiger partial charge in [0, 0.05) is 34.9 Å². The van der Waals surface area contributed by atoms with Crippen LogP contribution in [-0.4, -0.2) is 52.4 Å². The summed E-state index contributed by atoms with van der Waals surface area (Å²) in [6, 6.07) is 14.5. The van der Waals surface area contributed by atoms with E-state index in [1.807, 2.05) is 48.5 Å². The predicted octanol–water partition coefficient (Wildman–Crippen LogP) is 5.77. The van der Waals surface area contributed by atoms with Gasteiger partial charge in [-0.2, -0.15) is 0 Å². The largest absolute Gasteiger partial charge is 0.388 e. The van der Waals surface area contributed by atoms with E-state index in [1.165, 1.54) is 9.80 Å². The molecule has 0 saturated carbocycles. The van der Waals surface area contributed by atoms with Crippen LogP contribution in [0.4, 0.5) is 4.79 Å². The summed E-state index contributed by atoms with van der Waals surface area (Å²) in [5.74, 6) is -0.727. The number of barbiturate groups is 1. The molecule has 0 radical (unpaired) electrons. The molecule has 6 N–H and O–H groups in total. The SMILES string of the molecule is N=C(N)CCCCCN1C(=O)N(CCCCCC(=N)N)C(=O)C(Cc2ccc(Br)cc2)(Cc2ccc(Br)cc2)C1=O. The Labute approximate surface area is 258 Å². The van der Waals surface area contributed by atoms with E-state index in [0.717, 1.165) is 20.1 Å². The minimum atomic E-state index is -1.49. The van der Waals surface area contributed by atoms with E-state index in [2.05, 4.69) is 31.9 Å².